The Morgan fingerprint density at radius 3 is 2.00 bits per heavy atom. The molecule has 0 heterocycles. The molecule has 0 fully saturated rings. The van der Waals surface area contributed by atoms with E-state index in [1.54, 1.807) is 0 Å². The molecule has 0 radical (unpaired) electrons. The van der Waals surface area contributed by atoms with Crippen molar-refractivity contribution < 1.29 is 5.11 Å². The fourth-order valence-electron chi connectivity index (χ4n) is 1.00. The Hall–Kier alpha value is -0.500. The Morgan fingerprint density at radius 2 is 1.90 bits per heavy atom. The third-order valence-corrected chi connectivity index (χ3v) is 1.66. The van der Waals surface area contributed by atoms with Crippen molar-refractivity contribution in [2.24, 2.45) is 0 Å². The summed E-state index contributed by atoms with van der Waals surface area (Å²) in [5, 5.41) is 8.85. The molecule has 0 unspecified atom stereocenters. The number of nitrogens with zero attached hydrogens (tertiary/aromatic N) is 1. The third-order valence-electron chi connectivity index (χ3n) is 1.66. The second kappa shape index (κ2) is 5.30. The van der Waals surface area contributed by atoms with Gasteiger partial charge in [0.1, 0.15) is 0 Å². The van der Waals surface area contributed by atoms with E-state index in [9.17, 15) is 0 Å². The molecule has 1 N–H and O–H groups in total. The molecule has 0 aliphatic heterocycles. The molecule has 0 aromatic carbocycles. The summed E-state index contributed by atoms with van der Waals surface area (Å²) < 4.78 is 0. The van der Waals surface area contributed by atoms with Gasteiger partial charge in [-0.25, -0.2) is 0 Å². The molecule has 2 nitrogen and oxygen atoms in total. The van der Waals surface area contributed by atoms with Crippen LogP contribution in [0.15, 0.2) is 11.8 Å². The van der Waals surface area contributed by atoms with Gasteiger partial charge in [-0.15, -0.1) is 0 Å². The second-order valence-electron chi connectivity index (χ2n) is 2.11. The number of hydrogen-bond donors (Lipinski definition) is 1. The lowest BCUT2D eigenvalue weighted by atomic mass is 10.3. The molecule has 0 rings (SSSR count). The van der Waals surface area contributed by atoms with E-state index in [-0.39, 0.29) is 6.61 Å². The van der Waals surface area contributed by atoms with E-state index in [0.717, 1.165) is 18.8 Å². The summed E-state index contributed by atoms with van der Waals surface area (Å²) in [7, 11) is 0. The van der Waals surface area contributed by atoms with E-state index in [4.69, 9.17) is 5.11 Å². The number of likely N-dealkylation sites (N-methyl/N-ethyl adjacent to an activating group) is 1. The number of allylic oxidation sites excluding steroid dienone is 1. The summed E-state index contributed by atoms with van der Waals surface area (Å²) in [5.41, 5.74) is 1.02. The van der Waals surface area contributed by atoms with Gasteiger partial charge in [0.2, 0.25) is 0 Å². The minimum absolute atomic E-state index is 0.151. The number of rotatable bonds is 4. The summed E-state index contributed by atoms with van der Waals surface area (Å²) >= 11 is 0. The van der Waals surface area contributed by atoms with E-state index >= 15 is 0 Å². The molecule has 0 aromatic heterocycles. The minimum Gasteiger partial charge on any atom is -0.390 e. The van der Waals surface area contributed by atoms with Crippen molar-refractivity contribution in [2.45, 2.75) is 20.8 Å². The van der Waals surface area contributed by atoms with Gasteiger partial charge in [-0.3, -0.25) is 0 Å². The van der Waals surface area contributed by atoms with Gasteiger partial charge >= 0.3 is 0 Å². The molecule has 10 heavy (non-hydrogen) atoms. The summed E-state index contributed by atoms with van der Waals surface area (Å²) in [6.45, 7) is 8.21. The van der Waals surface area contributed by atoms with Crippen LogP contribution in [-0.4, -0.2) is 29.7 Å². The zero-order chi connectivity index (χ0) is 7.98. The zero-order valence-electron chi connectivity index (χ0n) is 7.09. The van der Waals surface area contributed by atoms with Crippen LogP contribution in [0.25, 0.3) is 0 Å². The summed E-state index contributed by atoms with van der Waals surface area (Å²) in [6, 6.07) is 0. The van der Waals surface area contributed by atoms with Crippen molar-refractivity contribution in [3.8, 4) is 0 Å². The maximum atomic E-state index is 8.85. The van der Waals surface area contributed by atoms with E-state index < -0.39 is 0 Å². The van der Waals surface area contributed by atoms with Crippen LogP contribution >= 0.6 is 0 Å². The Kier molecular flexibility index (Phi) is 5.03. The van der Waals surface area contributed by atoms with Gasteiger partial charge in [-0.2, -0.15) is 0 Å². The lowest BCUT2D eigenvalue weighted by Gasteiger charge is -2.22. The Morgan fingerprint density at radius 1 is 1.40 bits per heavy atom. The first-order chi connectivity index (χ1) is 4.79. The predicted molar refractivity (Wildman–Crippen MR) is 43.8 cm³/mol. The molecular formula is C8H17NO. The zero-order valence-corrected chi connectivity index (χ0v) is 7.09. The molecule has 0 saturated heterocycles. The quantitative estimate of drug-likeness (QED) is 0.639. The van der Waals surface area contributed by atoms with Gasteiger partial charge < -0.3 is 10.0 Å². The molecular weight excluding hydrogens is 126 g/mol. The smallest absolute Gasteiger partial charge is 0.0826 e. The lowest BCUT2D eigenvalue weighted by molar-refractivity contribution is 0.262. The van der Waals surface area contributed by atoms with Crippen LogP contribution < -0.4 is 0 Å². The first kappa shape index (κ1) is 9.50. The highest BCUT2D eigenvalue weighted by Crippen LogP contribution is 2.00. The molecule has 0 saturated carbocycles. The van der Waals surface area contributed by atoms with E-state index in [2.05, 4.69) is 18.7 Å². The number of aliphatic hydroxyl groups is 1. The normalized spacial score (nSPS) is 11.8. The van der Waals surface area contributed by atoms with E-state index in [1.165, 1.54) is 0 Å². The monoisotopic (exact) mass is 143 g/mol. The molecule has 0 atom stereocenters. The molecule has 0 bridgehead atoms. The van der Waals surface area contributed by atoms with Crippen LogP contribution in [-0.2, 0) is 0 Å². The van der Waals surface area contributed by atoms with Crippen LogP contribution in [0.1, 0.15) is 20.8 Å². The van der Waals surface area contributed by atoms with Crippen LogP contribution in [0.3, 0.4) is 0 Å². The standard InChI is InChI=1S/C8H17NO/c1-4-8(7-10)9(5-2)6-3/h4,10H,5-7H2,1-3H3/b8-4-. The topological polar surface area (TPSA) is 23.5 Å². The maximum absolute atomic E-state index is 8.85. The van der Waals surface area contributed by atoms with Crippen LogP contribution in [0, 0.1) is 0 Å². The largest absolute Gasteiger partial charge is 0.390 e. The fraction of sp³-hybridized carbons (Fsp3) is 0.750. The maximum Gasteiger partial charge on any atom is 0.0826 e. The van der Waals surface area contributed by atoms with Crippen molar-refractivity contribution in [3.05, 3.63) is 11.8 Å². The van der Waals surface area contributed by atoms with Crippen LogP contribution in [0.5, 0.6) is 0 Å². The number of hydrogen-bond acceptors (Lipinski definition) is 2. The summed E-state index contributed by atoms with van der Waals surface area (Å²) in [4.78, 5) is 2.14. The first-order valence-corrected chi connectivity index (χ1v) is 3.81. The SMILES string of the molecule is C/C=C(/CO)N(CC)CC. The first-order valence-electron chi connectivity index (χ1n) is 3.81. The molecule has 60 valence electrons. The van der Waals surface area contributed by atoms with Gasteiger partial charge in [-0.1, -0.05) is 6.08 Å². The Labute approximate surface area is 63.2 Å². The van der Waals surface area contributed by atoms with Crippen molar-refractivity contribution in [1.29, 1.82) is 0 Å². The van der Waals surface area contributed by atoms with Crippen LogP contribution in [0.4, 0.5) is 0 Å². The average molecular weight is 143 g/mol. The molecule has 0 aromatic rings. The van der Waals surface area contributed by atoms with Gasteiger partial charge in [0.25, 0.3) is 0 Å². The highest BCUT2D eigenvalue weighted by Gasteiger charge is 2.00. The average Bonchev–Trinajstić information content (AvgIpc) is 2.00. The minimum atomic E-state index is 0.151. The molecule has 0 spiro atoms. The van der Waals surface area contributed by atoms with E-state index in [0.29, 0.717) is 0 Å². The summed E-state index contributed by atoms with van der Waals surface area (Å²) in [5.74, 6) is 0. The summed E-state index contributed by atoms with van der Waals surface area (Å²) in [6.07, 6.45) is 1.95. The van der Waals surface area contributed by atoms with Crippen molar-refractivity contribution in [3.63, 3.8) is 0 Å². The van der Waals surface area contributed by atoms with E-state index in [1.807, 2.05) is 13.0 Å². The van der Waals surface area contributed by atoms with Gasteiger partial charge in [-0.05, 0) is 20.8 Å². The fourth-order valence-corrected chi connectivity index (χ4v) is 1.00. The highest BCUT2D eigenvalue weighted by atomic mass is 16.3. The second-order valence-corrected chi connectivity index (χ2v) is 2.11. The van der Waals surface area contributed by atoms with Crippen molar-refractivity contribution >= 4 is 0 Å². The Bertz CT molecular complexity index is 106. The predicted octanol–water partition coefficient (Wildman–Crippen LogP) is 1.22. The molecule has 2 heteroatoms. The third kappa shape index (κ3) is 2.40. The van der Waals surface area contributed by atoms with Crippen molar-refractivity contribution in [2.75, 3.05) is 19.7 Å². The van der Waals surface area contributed by atoms with Gasteiger partial charge in [0.05, 0.1) is 6.61 Å². The Balaban J connectivity index is 3.97. The van der Waals surface area contributed by atoms with Gasteiger partial charge in [0.15, 0.2) is 0 Å². The molecule has 0 amide bonds. The number of aliphatic hydroxyl groups excluding tert-OH is 1. The highest BCUT2D eigenvalue weighted by molar-refractivity contribution is 4.98. The molecule has 0 aliphatic carbocycles. The lowest BCUT2D eigenvalue weighted by Crippen LogP contribution is -2.23. The molecule has 0 aliphatic rings. The van der Waals surface area contributed by atoms with Crippen molar-refractivity contribution in [1.82, 2.24) is 4.90 Å². The van der Waals surface area contributed by atoms with Gasteiger partial charge in [0, 0.05) is 18.8 Å². The van der Waals surface area contributed by atoms with Crippen LogP contribution in [0.2, 0.25) is 0 Å².